The summed E-state index contributed by atoms with van der Waals surface area (Å²) in [5.74, 6) is 0.359. The van der Waals surface area contributed by atoms with Crippen molar-refractivity contribution in [1.29, 1.82) is 0 Å². The van der Waals surface area contributed by atoms with Crippen molar-refractivity contribution in [2.75, 3.05) is 0 Å². The van der Waals surface area contributed by atoms with Gasteiger partial charge >= 0.3 is 0 Å². The normalized spacial score (nSPS) is 18.0. The Morgan fingerprint density at radius 1 is 1.16 bits per heavy atom. The number of sulfonamides is 1. The summed E-state index contributed by atoms with van der Waals surface area (Å²) >= 11 is 3.25. The SMILES string of the molecule is NS(=O)(=O)c1cc(Br)ccc1OC1CCCCCC1. The summed E-state index contributed by atoms with van der Waals surface area (Å²) in [6, 6.07) is 4.91. The molecule has 1 aliphatic rings. The van der Waals surface area contributed by atoms with Crippen LogP contribution in [0.4, 0.5) is 0 Å². The van der Waals surface area contributed by atoms with Crippen molar-refractivity contribution in [3.63, 3.8) is 0 Å². The molecule has 0 amide bonds. The molecule has 0 heterocycles. The van der Waals surface area contributed by atoms with E-state index in [2.05, 4.69) is 15.9 Å². The van der Waals surface area contributed by atoms with Gasteiger partial charge in [-0.05, 0) is 43.9 Å². The molecule has 106 valence electrons. The van der Waals surface area contributed by atoms with Gasteiger partial charge < -0.3 is 4.74 Å². The van der Waals surface area contributed by atoms with Crippen molar-refractivity contribution in [3.8, 4) is 5.75 Å². The monoisotopic (exact) mass is 347 g/mol. The van der Waals surface area contributed by atoms with Crippen LogP contribution >= 0.6 is 15.9 Å². The van der Waals surface area contributed by atoms with E-state index in [9.17, 15) is 8.42 Å². The van der Waals surface area contributed by atoms with E-state index in [1.807, 2.05) is 0 Å². The van der Waals surface area contributed by atoms with Crippen LogP contribution in [0.2, 0.25) is 0 Å². The lowest BCUT2D eigenvalue weighted by Crippen LogP contribution is -2.19. The molecule has 0 radical (unpaired) electrons. The van der Waals surface area contributed by atoms with Gasteiger partial charge in [0.15, 0.2) is 0 Å². The van der Waals surface area contributed by atoms with Gasteiger partial charge in [-0.2, -0.15) is 0 Å². The summed E-state index contributed by atoms with van der Waals surface area (Å²) in [6.07, 6.45) is 6.74. The summed E-state index contributed by atoms with van der Waals surface area (Å²) in [4.78, 5) is 0.0473. The molecule has 0 aliphatic heterocycles. The second kappa shape index (κ2) is 6.24. The first-order valence-corrected chi connectivity index (χ1v) is 8.80. The van der Waals surface area contributed by atoms with Gasteiger partial charge in [-0.1, -0.05) is 28.8 Å². The first kappa shape index (κ1) is 14.8. The molecule has 2 N–H and O–H groups in total. The topological polar surface area (TPSA) is 69.4 Å². The van der Waals surface area contributed by atoms with Gasteiger partial charge in [0.2, 0.25) is 10.0 Å². The molecule has 6 heteroatoms. The molecule has 1 saturated carbocycles. The van der Waals surface area contributed by atoms with Gasteiger partial charge in [-0.15, -0.1) is 0 Å². The first-order chi connectivity index (χ1) is 8.97. The van der Waals surface area contributed by atoms with Gasteiger partial charge in [0.25, 0.3) is 0 Å². The van der Waals surface area contributed by atoms with Crippen LogP contribution in [-0.2, 0) is 10.0 Å². The van der Waals surface area contributed by atoms with Crippen LogP contribution in [0.3, 0.4) is 0 Å². The first-order valence-electron chi connectivity index (χ1n) is 6.46. The summed E-state index contributed by atoms with van der Waals surface area (Å²) in [5.41, 5.74) is 0. The van der Waals surface area contributed by atoms with Crippen LogP contribution in [0.5, 0.6) is 5.75 Å². The van der Waals surface area contributed by atoms with Crippen molar-refractivity contribution in [2.24, 2.45) is 5.14 Å². The lowest BCUT2D eigenvalue weighted by atomic mass is 10.1. The minimum absolute atomic E-state index is 0.0473. The van der Waals surface area contributed by atoms with E-state index in [0.29, 0.717) is 10.2 Å². The van der Waals surface area contributed by atoms with Crippen molar-refractivity contribution in [3.05, 3.63) is 22.7 Å². The Balaban J connectivity index is 2.24. The van der Waals surface area contributed by atoms with Gasteiger partial charge in [-0.3, -0.25) is 0 Å². The van der Waals surface area contributed by atoms with Crippen LogP contribution in [-0.4, -0.2) is 14.5 Å². The standard InChI is InChI=1S/C13H18BrNO3S/c14-10-7-8-12(13(9-10)19(15,16)17)18-11-5-3-1-2-4-6-11/h7-9,11H,1-6H2,(H2,15,16,17). The van der Waals surface area contributed by atoms with Crippen molar-refractivity contribution in [1.82, 2.24) is 0 Å². The van der Waals surface area contributed by atoms with Crippen LogP contribution in [0, 0.1) is 0 Å². The summed E-state index contributed by atoms with van der Waals surface area (Å²) < 4.78 is 29.7. The number of rotatable bonds is 3. The average molecular weight is 348 g/mol. The molecule has 0 bridgehead atoms. The molecule has 0 spiro atoms. The molecule has 0 aromatic heterocycles. The zero-order valence-corrected chi connectivity index (χ0v) is 13.0. The van der Waals surface area contributed by atoms with Crippen molar-refractivity contribution in [2.45, 2.75) is 49.5 Å². The number of hydrogen-bond donors (Lipinski definition) is 1. The molecule has 0 atom stereocenters. The quantitative estimate of drug-likeness (QED) is 0.853. The largest absolute Gasteiger partial charge is 0.489 e. The van der Waals surface area contributed by atoms with Crippen LogP contribution in [0.1, 0.15) is 38.5 Å². The van der Waals surface area contributed by atoms with Crippen molar-refractivity contribution < 1.29 is 13.2 Å². The third kappa shape index (κ3) is 4.19. The maximum Gasteiger partial charge on any atom is 0.241 e. The molecule has 0 unspecified atom stereocenters. The van der Waals surface area contributed by atoms with Crippen LogP contribution < -0.4 is 9.88 Å². The lowest BCUT2D eigenvalue weighted by molar-refractivity contribution is 0.179. The highest BCUT2D eigenvalue weighted by Crippen LogP contribution is 2.30. The molecule has 1 fully saturated rings. The fourth-order valence-electron chi connectivity index (χ4n) is 2.34. The molecular formula is C13H18BrNO3S. The summed E-state index contributed by atoms with van der Waals surface area (Å²) in [6.45, 7) is 0. The van der Waals surface area contributed by atoms with E-state index < -0.39 is 10.0 Å². The Morgan fingerprint density at radius 2 is 1.79 bits per heavy atom. The van der Waals surface area contributed by atoms with Gasteiger partial charge in [0, 0.05) is 4.47 Å². The molecule has 4 nitrogen and oxygen atoms in total. The molecular weight excluding hydrogens is 330 g/mol. The van der Waals surface area contributed by atoms with Gasteiger partial charge in [0.1, 0.15) is 10.6 Å². The number of nitrogens with two attached hydrogens (primary N) is 1. The fraction of sp³-hybridized carbons (Fsp3) is 0.538. The smallest absolute Gasteiger partial charge is 0.241 e. The second-order valence-electron chi connectivity index (χ2n) is 4.87. The predicted octanol–water partition coefficient (Wildman–Crippen LogP) is 3.20. The Hall–Kier alpha value is -0.590. The minimum Gasteiger partial charge on any atom is -0.489 e. The Labute approximate surface area is 122 Å². The summed E-state index contributed by atoms with van der Waals surface area (Å²) in [7, 11) is -3.77. The lowest BCUT2D eigenvalue weighted by Gasteiger charge is -2.19. The van der Waals surface area contributed by atoms with Gasteiger partial charge in [0.05, 0.1) is 6.10 Å². The minimum atomic E-state index is -3.77. The van der Waals surface area contributed by atoms with E-state index in [-0.39, 0.29) is 11.0 Å². The molecule has 1 aromatic carbocycles. The molecule has 0 saturated heterocycles. The maximum absolute atomic E-state index is 11.6. The molecule has 19 heavy (non-hydrogen) atoms. The highest BCUT2D eigenvalue weighted by atomic mass is 79.9. The average Bonchev–Trinajstić information content (AvgIpc) is 2.59. The third-order valence-electron chi connectivity index (χ3n) is 3.31. The molecule has 1 aromatic rings. The second-order valence-corrected chi connectivity index (χ2v) is 7.31. The van der Waals surface area contributed by atoms with E-state index in [0.717, 1.165) is 25.7 Å². The zero-order valence-electron chi connectivity index (χ0n) is 10.6. The summed E-state index contributed by atoms with van der Waals surface area (Å²) in [5, 5.41) is 5.23. The van der Waals surface area contributed by atoms with Crippen LogP contribution in [0.25, 0.3) is 0 Å². The Morgan fingerprint density at radius 3 is 2.37 bits per heavy atom. The fourth-order valence-corrected chi connectivity index (χ4v) is 3.54. The van der Waals surface area contributed by atoms with E-state index in [1.165, 1.54) is 18.9 Å². The number of hydrogen-bond acceptors (Lipinski definition) is 3. The predicted molar refractivity (Wildman–Crippen MR) is 77.6 cm³/mol. The maximum atomic E-state index is 11.6. The zero-order chi connectivity index (χ0) is 13.9. The number of primary sulfonamides is 1. The van der Waals surface area contributed by atoms with Crippen molar-refractivity contribution >= 4 is 26.0 Å². The molecule has 2 rings (SSSR count). The number of ether oxygens (including phenoxy) is 1. The Kier molecular flexibility index (Phi) is 4.86. The van der Waals surface area contributed by atoms with Gasteiger partial charge in [-0.25, -0.2) is 13.6 Å². The highest BCUT2D eigenvalue weighted by molar-refractivity contribution is 9.10. The highest BCUT2D eigenvalue weighted by Gasteiger charge is 2.20. The van der Waals surface area contributed by atoms with Crippen LogP contribution in [0.15, 0.2) is 27.6 Å². The Bertz CT molecular complexity index is 537. The van der Waals surface area contributed by atoms with E-state index in [1.54, 1.807) is 12.1 Å². The number of benzene rings is 1. The number of halogens is 1. The van der Waals surface area contributed by atoms with E-state index in [4.69, 9.17) is 9.88 Å². The molecule has 1 aliphatic carbocycles. The third-order valence-corrected chi connectivity index (χ3v) is 4.73. The van der Waals surface area contributed by atoms with E-state index >= 15 is 0 Å².